The van der Waals surface area contributed by atoms with Crippen LogP contribution in [0.3, 0.4) is 0 Å². The fraction of sp³-hybridized carbons (Fsp3) is 0. The van der Waals surface area contributed by atoms with Gasteiger partial charge in [0.2, 0.25) is 0 Å². The minimum absolute atomic E-state index is 1.18. The third-order valence-corrected chi connectivity index (χ3v) is 12.6. The van der Waals surface area contributed by atoms with E-state index in [-0.39, 0.29) is 0 Å². The molecule has 0 aliphatic heterocycles. The first-order valence-electron chi connectivity index (χ1n) is 18.6. The van der Waals surface area contributed by atoms with Gasteiger partial charge in [0.15, 0.2) is 0 Å². The van der Waals surface area contributed by atoms with Crippen LogP contribution < -0.4 is 0 Å². The van der Waals surface area contributed by atoms with Crippen molar-refractivity contribution in [2.45, 2.75) is 0 Å². The molecule has 0 unspecified atom stereocenters. The fourth-order valence-electron chi connectivity index (χ4n) is 9.07. The molecule has 0 saturated heterocycles. The van der Waals surface area contributed by atoms with E-state index < -0.39 is 0 Å². The molecular weight excluding hydrogens is 671 g/mol. The Morgan fingerprint density at radius 3 is 1.44 bits per heavy atom. The number of benzene rings is 10. The van der Waals surface area contributed by atoms with E-state index in [4.69, 9.17) is 0 Å². The second-order valence-corrected chi connectivity index (χ2v) is 15.6. The predicted molar refractivity (Wildman–Crippen MR) is 235 cm³/mol. The summed E-state index contributed by atoms with van der Waals surface area (Å²) < 4.78 is 5.05. The minimum Gasteiger partial charge on any atom is -0.309 e. The lowest BCUT2D eigenvalue weighted by molar-refractivity contribution is 1.18. The molecular formula is C52H31NS. The van der Waals surface area contributed by atoms with Crippen LogP contribution in [0.1, 0.15) is 0 Å². The van der Waals surface area contributed by atoms with Crippen LogP contribution in [0.25, 0.3) is 113 Å². The maximum absolute atomic E-state index is 2.51. The Labute approximate surface area is 315 Å². The lowest BCUT2D eigenvalue weighted by Crippen LogP contribution is -1.92. The molecule has 0 aliphatic carbocycles. The molecule has 12 rings (SSSR count). The summed E-state index contributed by atoms with van der Waals surface area (Å²) in [5.41, 5.74) is 8.72. The SMILES string of the molecule is c1ccc(-n2c3ccccc3c3cc4sc5cc6c(-c7ccc8ccccc8c7)c7ccccc7c(-c7ccc8ccccc8c7)c6cc5c4cc32)cc1. The van der Waals surface area contributed by atoms with E-state index in [0.29, 0.717) is 0 Å². The highest BCUT2D eigenvalue weighted by atomic mass is 32.1. The van der Waals surface area contributed by atoms with E-state index in [1.165, 1.54) is 113 Å². The molecule has 0 N–H and O–H groups in total. The van der Waals surface area contributed by atoms with Crippen LogP contribution in [0.5, 0.6) is 0 Å². The van der Waals surface area contributed by atoms with Crippen LogP contribution in [0, 0.1) is 0 Å². The largest absolute Gasteiger partial charge is 0.309 e. The molecule has 2 heterocycles. The molecule has 0 amide bonds. The molecule has 250 valence electrons. The molecule has 0 spiro atoms. The van der Waals surface area contributed by atoms with Crippen molar-refractivity contribution in [3.05, 3.63) is 188 Å². The zero-order chi connectivity index (χ0) is 35.3. The van der Waals surface area contributed by atoms with Gasteiger partial charge in [-0.3, -0.25) is 0 Å². The van der Waals surface area contributed by atoms with Crippen molar-refractivity contribution in [2.75, 3.05) is 0 Å². The maximum Gasteiger partial charge on any atom is 0.0548 e. The van der Waals surface area contributed by atoms with Gasteiger partial charge in [0.1, 0.15) is 0 Å². The summed E-state index contributed by atoms with van der Waals surface area (Å²) in [5.74, 6) is 0. The second kappa shape index (κ2) is 11.4. The van der Waals surface area contributed by atoms with E-state index in [9.17, 15) is 0 Å². The molecule has 0 atom stereocenters. The molecule has 0 radical (unpaired) electrons. The van der Waals surface area contributed by atoms with Gasteiger partial charge in [-0.1, -0.05) is 133 Å². The van der Waals surface area contributed by atoms with Gasteiger partial charge in [-0.25, -0.2) is 0 Å². The van der Waals surface area contributed by atoms with Crippen molar-refractivity contribution in [1.82, 2.24) is 4.57 Å². The molecule has 2 heteroatoms. The van der Waals surface area contributed by atoms with Crippen LogP contribution in [0.15, 0.2) is 188 Å². The lowest BCUT2D eigenvalue weighted by Gasteiger charge is -2.19. The van der Waals surface area contributed by atoms with Crippen LogP contribution in [0.2, 0.25) is 0 Å². The maximum atomic E-state index is 2.51. The smallest absolute Gasteiger partial charge is 0.0548 e. The van der Waals surface area contributed by atoms with E-state index in [0.717, 1.165) is 0 Å². The van der Waals surface area contributed by atoms with Crippen LogP contribution in [0.4, 0.5) is 0 Å². The van der Waals surface area contributed by atoms with Gasteiger partial charge in [0.25, 0.3) is 0 Å². The zero-order valence-electron chi connectivity index (χ0n) is 29.3. The lowest BCUT2D eigenvalue weighted by atomic mass is 9.84. The molecule has 54 heavy (non-hydrogen) atoms. The zero-order valence-corrected chi connectivity index (χ0v) is 30.1. The van der Waals surface area contributed by atoms with Gasteiger partial charge in [-0.15, -0.1) is 11.3 Å². The average Bonchev–Trinajstić information content (AvgIpc) is 3.75. The van der Waals surface area contributed by atoms with Gasteiger partial charge in [0, 0.05) is 36.6 Å². The Morgan fingerprint density at radius 2 is 0.796 bits per heavy atom. The van der Waals surface area contributed by atoms with Crippen molar-refractivity contribution in [2.24, 2.45) is 0 Å². The number of hydrogen-bond donors (Lipinski definition) is 0. The normalized spacial score (nSPS) is 12.1. The molecule has 10 aromatic carbocycles. The quantitative estimate of drug-likeness (QED) is 0.162. The number of para-hydroxylation sites is 2. The number of hydrogen-bond acceptors (Lipinski definition) is 1. The van der Waals surface area contributed by atoms with Gasteiger partial charge in [-0.05, 0) is 120 Å². The van der Waals surface area contributed by atoms with Crippen molar-refractivity contribution in [3.63, 3.8) is 0 Å². The Bertz CT molecular complexity index is 3490. The standard InChI is InChI=1S/C52H31NS/c1-2-16-38(17-3-1)53-47-21-11-10-18-39(47)42-30-49-44(29-48(42)53)43-28-45-46(31-50(43)54-49)52(37-25-23-33-13-5-7-15-35(33)27-37)41-20-9-8-19-40(41)51(45)36-24-22-32-12-4-6-14-34(32)26-36/h1-31H. The third-order valence-electron chi connectivity index (χ3n) is 11.5. The summed E-state index contributed by atoms with van der Waals surface area (Å²) in [5, 5.41) is 15.3. The van der Waals surface area contributed by atoms with Crippen LogP contribution in [-0.4, -0.2) is 4.57 Å². The Morgan fingerprint density at radius 1 is 0.296 bits per heavy atom. The first-order valence-corrected chi connectivity index (χ1v) is 19.4. The second-order valence-electron chi connectivity index (χ2n) is 14.5. The summed E-state index contributed by atoms with van der Waals surface area (Å²) in [6.07, 6.45) is 0. The number of rotatable bonds is 3. The predicted octanol–water partition coefficient (Wildman–Crippen LogP) is 15.1. The van der Waals surface area contributed by atoms with Crippen molar-refractivity contribution in [3.8, 4) is 27.9 Å². The summed E-state index contributed by atoms with van der Waals surface area (Å²) in [7, 11) is 0. The number of fused-ring (bicyclic) bond motifs is 10. The summed E-state index contributed by atoms with van der Waals surface area (Å²) in [6.45, 7) is 0. The third kappa shape index (κ3) is 4.32. The minimum atomic E-state index is 1.18. The molecule has 1 nitrogen and oxygen atoms in total. The first-order chi connectivity index (χ1) is 26.8. The van der Waals surface area contributed by atoms with Crippen molar-refractivity contribution in [1.29, 1.82) is 0 Å². The first kappa shape index (κ1) is 29.8. The molecule has 12 aromatic rings. The number of thiophene rings is 1. The molecule has 2 aromatic heterocycles. The topological polar surface area (TPSA) is 4.93 Å². The van der Waals surface area contributed by atoms with Gasteiger partial charge in [0.05, 0.1) is 11.0 Å². The number of aromatic nitrogens is 1. The Balaban J connectivity index is 1.24. The Kier molecular flexibility index (Phi) is 6.28. The van der Waals surface area contributed by atoms with E-state index >= 15 is 0 Å². The van der Waals surface area contributed by atoms with E-state index in [2.05, 4.69) is 193 Å². The van der Waals surface area contributed by atoms with E-state index in [1.807, 2.05) is 11.3 Å². The summed E-state index contributed by atoms with van der Waals surface area (Å²) >= 11 is 1.91. The highest BCUT2D eigenvalue weighted by Gasteiger charge is 2.21. The monoisotopic (exact) mass is 701 g/mol. The van der Waals surface area contributed by atoms with Crippen LogP contribution in [-0.2, 0) is 0 Å². The van der Waals surface area contributed by atoms with Gasteiger partial charge >= 0.3 is 0 Å². The molecule has 0 aliphatic rings. The molecule has 0 fully saturated rings. The van der Waals surface area contributed by atoms with Gasteiger partial charge in [-0.2, -0.15) is 0 Å². The Hall–Kier alpha value is -6.74. The summed E-state index contributed by atoms with van der Waals surface area (Å²) in [4.78, 5) is 0. The molecule has 0 saturated carbocycles. The molecule has 0 bridgehead atoms. The highest BCUT2D eigenvalue weighted by Crippen LogP contribution is 2.48. The number of nitrogens with zero attached hydrogens (tertiary/aromatic N) is 1. The van der Waals surface area contributed by atoms with E-state index in [1.54, 1.807) is 0 Å². The average molecular weight is 702 g/mol. The van der Waals surface area contributed by atoms with Crippen molar-refractivity contribution >= 4 is 96.4 Å². The van der Waals surface area contributed by atoms with Crippen molar-refractivity contribution < 1.29 is 0 Å². The summed E-state index contributed by atoms with van der Waals surface area (Å²) in [6, 6.07) is 69.8. The highest BCUT2D eigenvalue weighted by molar-refractivity contribution is 7.26. The van der Waals surface area contributed by atoms with Crippen LogP contribution >= 0.6 is 11.3 Å². The van der Waals surface area contributed by atoms with Gasteiger partial charge < -0.3 is 4.57 Å². The fourth-order valence-corrected chi connectivity index (χ4v) is 10.2.